The first-order chi connectivity index (χ1) is 18.3. The average molecular weight is 517 g/mol. The molecule has 0 N–H and O–H groups in total. The fourth-order valence-electron chi connectivity index (χ4n) is 4.59. The fraction of sp³-hybridized carbons (Fsp3) is 0.207. The highest BCUT2D eigenvalue weighted by atomic mass is 16.6. The normalized spacial score (nSPS) is 16.7. The second kappa shape index (κ2) is 9.93. The molecule has 1 atom stereocenters. The van der Waals surface area contributed by atoms with E-state index >= 15 is 0 Å². The molecule has 0 spiro atoms. The Hall–Kier alpha value is -4.79. The van der Waals surface area contributed by atoms with Gasteiger partial charge >= 0.3 is 11.9 Å². The van der Waals surface area contributed by atoms with Gasteiger partial charge in [-0.15, -0.1) is 0 Å². The molecule has 2 aliphatic rings. The van der Waals surface area contributed by atoms with Crippen molar-refractivity contribution < 1.29 is 42.8 Å². The molecule has 3 aromatic carbocycles. The minimum Gasteiger partial charge on any atom is -0.497 e. The maximum atomic E-state index is 13.3. The summed E-state index contributed by atoms with van der Waals surface area (Å²) in [6.07, 6.45) is 1.63. The number of ether oxygens (including phenoxy) is 6. The monoisotopic (exact) mass is 516 g/mol. The predicted molar refractivity (Wildman–Crippen MR) is 135 cm³/mol. The molecule has 3 aromatic rings. The highest BCUT2D eigenvalue weighted by molar-refractivity contribution is 6.15. The van der Waals surface area contributed by atoms with Gasteiger partial charge in [0.1, 0.15) is 17.2 Å². The lowest BCUT2D eigenvalue weighted by atomic mass is 9.84. The second-order valence-electron chi connectivity index (χ2n) is 8.65. The second-order valence-corrected chi connectivity index (χ2v) is 8.65. The summed E-state index contributed by atoms with van der Waals surface area (Å²) < 4.78 is 33.1. The summed E-state index contributed by atoms with van der Waals surface area (Å²) in [6.45, 7) is 1.27. The molecule has 38 heavy (non-hydrogen) atoms. The molecule has 2 heterocycles. The Labute approximate surface area is 218 Å². The van der Waals surface area contributed by atoms with Crippen molar-refractivity contribution in [3.63, 3.8) is 0 Å². The van der Waals surface area contributed by atoms with Crippen LogP contribution in [0, 0.1) is 0 Å². The van der Waals surface area contributed by atoms with E-state index in [1.165, 1.54) is 21.1 Å². The number of ketones is 1. The highest BCUT2D eigenvalue weighted by Crippen LogP contribution is 2.51. The molecule has 0 saturated carbocycles. The average Bonchev–Trinajstić information content (AvgIpc) is 3.23. The van der Waals surface area contributed by atoms with Crippen molar-refractivity contribution >= 4 is 23.8 Å². The number of rotatable bonds is 6. The molecule has 2 aliphatic heterocycles. The first-order valence-corrected chi connectivity index (χ1v) is 11.7. The molecule has 0 aliphatic carbocycles. The molecule has 194 valence electrons. The van der Waals surface area contributed by atoms with Gasteiger partial charge in [0.2, 0.25) is 11.5 Å². The Balaban J connectivity index is 1.60. The molecule has 1 unspecified atom stereocenters. The van der Waals surface area contributed by atoms with Gasteiger partial charge in [-0.25, -0.2) is 0 Å². The molecule has 0 saturated heterocycles. The number of carbonyl (C=O) groups is 3. The van der Waals surface area contributed by atoms with E-state index in [4.69, 9.17) is 28.4 Å². The maximum Gasteiger partial charge on any atom is 0.312 e. The first kappa shape index (κ1) is 24.9. The maximum absolute atomic E-state index is 13.3. The Morgan fingerprint density at radius 1 is 0.921 bits per heavy atom. The minimum absolute atomic E-state index is 0.0161. The molecule has 5 rings (SSSR count). The number of esters is 2. The van der Waals surface area contributed by atoms with Crippen LogP contribution in [-0.4, -0.2) is 39.1 Å². The van der Waals surface area contributed by atoms with Crippen molar-refractivity contribution in [2.45, 2.75) is 19.3 Å². The molecule has 0 bridgehead atoms. The van der Waals surface area contributed by atoms with E-state index in [-0.39, 0.29) is 35.2 Å². The molecular weight excluding hydrogens is 492 g/mol. The Bertz CT molecular complexity index is 1460. The summed E-state index contributed by atoms with van der Waals surface area (Å²) in [7, 11) is 4.45. The van der Waals surface area contributed by atoms with E-state index in [1.54, 1.807) is 49.6 Å². The van der Waals surface area contributed by atoms with Crippen LogP contribution in [0.5, 0.6) is 34.5 Å². The van der Waals surface area contributed by atoms with E-state index in [9.17, 15) is 14.4 Å². The Morgan fingerprint density at radius 3 is 2.21 bits per heavy atom. The third-order valence-corrected chi connectivity index (χ3v) is 6.32. The van der Waals surface area contributed by atoms with Gasteiger partial charge in [-0.05, 0) is 53.6 Å². The van der Waals surface area contributed by atoms with Crippen LogP contribution in [0.1, 0.15) is 46.3 Å². The summed E-state index contributed by atoms with van der Waals surface area (Å²) >= 11 is 0. The Morgan fingerprint density at radius 2 is 1.61 bits per heavy atom. The van der Waals surface area contributed by atoms with Crippen LogP contribution >= 0.6 is 0 Å². The summed E-state index contributed by atoms with van der Waals surface area (Å²) in [5, 5.41) is 0. The van der Waals surface area contributed by atoms with Crippen LogP contribution in [0.3, 0.4) is 0 Å². The van der Waals surface area contributed by atoms with Crippen molar-refractivity contribution in [1.29, 1.82) is 0 Å². The van der Waals surface area contributed by atoms with E-state index in [1.807, 2.05) is 12.1 Å². The first-order valence-electron chi connectivity index (χ1n) is 11.7. The third-order valence-electron chi connectivity index (χ3n) is 6.32. The van der Waals surface area contributed by atoms with Gasteiger partial charge in [-0.2, -0.15) is 0 Å². The van der Waals surface area contributed by atoms with Crippen LogP contribution in [0.15, 0.2) is 54.3 Å². The SMILES string of the molecule is COc1ccc(C=C2Oc3c(ccc4c3C(c3cc(OC)c(OC(C)=O)c(OC)c3)CC(=O)O4)C2=O)cc1. The van der Waals surface area contributed by atoms with Gasteiger partial charge in [0.05, 0.1) is 33.3 Å². The third kappa shape index (κ3) is 4.43. The number of carbonyl (C=O) groups excluding carboxylic acids is 3. The van der Waals surface area contributed by atoms with Crippen molar-refractivity contribution in [2.75, 3.05) is 21.3 Å². The summed E-state index contributed by atoms with van der Waals surface area (Å²) in [5.74, 6) is 0.270. The molecule has 9 heteroatoms. The number of hydrogen-bond acceptors (Lipinski definition) is 9. The van der Waals surface area contributed by atoms with Crippen LogP contribution in [0.2, 0.25) is 0 Å². The lowest BCUT2D eigenvalue weighted by Gasteiger charge is -2.27. The number of Topliss-reactive ketones (excluding diaryl/α,β-unsaturated/α-hetero) is 1. The molecule has 0 aromatic heterocycles. The zero-order chi connectivity index (χ0) is 27.0. The standard InChI is InChI=1S/C29H24O9/c1-15(30)36-29-23(34-3)12-17(13-24(29)35-4)20-14-25(31)37-21-10-9-19-27(32)22(38-28(19)26(20)21)11-16-5-7-18(33-2)8-6-16/h5-13,20H,14H2,1-4H3. The van der Waals surface area contributed by atoms with Crippen molar-refractivity contribution in [1.82, 2.24) is 0 Å². The lowest BCUT2D eigenvalue weighted by Crippen LogP contribution is -2.21. The molecule has 9 nitrogen and oxygen atoms in total. The molecule has 0 radical (unpaired) electrons. The summed E-state index contributed by atoms with van der Waals surface area (Å²) in [6, 6.07) is 13.7. The zero-order valence-electron chi connectivity index (χ0n) is 21.2. The van der Waals surface area contributed by atoms with E-state index in [0.29, 0.717) is 33.9 Å². The van der Waals surface area contributed by atoms with Gasteiger partial charge in [0, 0.05) is 18.4 Å². The van der Waals surface area contributed by atoms with Gasteiger partial charge in [-0.3, -0.25) is 14.4 Å². The van der Waals surface area contributed by atoms with Crippen LogP contribution in [0.4, 0.5) is 0 Å². The molecule has 0 fully saturated rings. The highest BCUT2D eigenvalue weighted by Gasteiger charge is 2.39. The largest absolute Gasteiger partial charge is 0.497 e. The topological polar surface area (TPSA) is 107 Å². The van der Waals surface area contributed by atoms with E-state index in [0.717, 1.165) is 5.56 Å². The lowest BCUT2D eigenvalue weighted by molar-refractivity contribution is -0.135. The molecule has 0 amide bonds. The predicted octanol–water partition coefficient (Wildman–Crippen LogP) is 4.69. The van der Waals surface area contributed by atoms with E-state index < -0.39 is 17.9 Å². The van der Waals surface area contributed by atoms with Crippen molar-refractivity contribution in [2.24, 2.45) is 0 Å². The smallest absolute Gasteiger partial charge is 0.312 e. The van der Waals surface area contributed by atoms with E-state index in [2.05, 4.69) is 0 Å². The van der Waals surface area contributed by atoms with Crippen LogP contribution in [-0.2, 0) is 9.59 Å². The van der Waals surface area contributed by atoms with Crippen molar-refractivity contribution in [3.05, 3.63) is 76.5 Å². The van der Waals surface area contributed by atoms with Gasteiger partial charge < -0.3 is 28.4 Å². The summed E-state index contributed by atoms with van der Waals surface area (Å²) in [4.78, 5) is 37.5. The fourth-order valence-corrected chi connectivity index (χ4v) is 4.59. The Kier molecular flexibility index (Phi) is 6.50. The van der Waals surface area contributed by atoms with Gasteiger partial charge in [0.25, 0.3) is 0 Å². The van der Waals surface area contributed by atoms with Crippen LogP contribution < -0.4 is 28.4 Å². The number of hydrogen-bond donors (Lipinski definition) is 0. The quantitative estimate of drug-likeness (QED) is 0.262. The van der Waals surface area contributed by atoms with Gasteiger partial charge in [-0.1, -0.05) is 12.1 Å². The zero-order valence-corrected chi connectivity index (χ0v) is 21.2. The van der Waals surface area contributed by atoms with Gasteiger partial charge in [0.15, 0.2) is 17.3 Å². The molecular formula is C29H24O9. The number of fused-ring (bicyclic) bond motifs is 3. The number of allylic oxidation sites excluding steroid dienone is 1. The number of benzene rings is 3. The number of methoxy groups -OCH3 is 3. The summed E-state index contributed by atoms with van der Waals surface area (Å²) in [5.41, 5.74) is 2.30. The van der Waals surface area contributed by atoms with Crippen molar-refractivity contribution in [3.8, 4) is 34.5 Å². The van der Waals surface area contributed by atoms with Crippen LogP contribution in [0.25, 0.3) is 6.08 Å². The minimum atomic E-state index is -0.552.